The number of hydrogen-bond donors (Lipinski definition) is 0. The maximum absolute atomic E-state index is 12.1. The van der Waals surface area contributed by atoms with Crippen LogP contribution < -0.4 is 4.90 Å². The Morgan fingerprint density at radius 3 is 2.56 bits per heavy atom. The molecule has 0 saturated carbocycles. The summed E-state index contributed by atoms with van der Waals surface area (Å²) in [5.74, 6) is 0.0902. The van der Waals surface area contributed by atoms with E-state index < -0.39 is 0 Å². The van der Waals surface area contributed by atoms with Crippen molar-refractivity contribution < 1.29 is 4.79 Å². The molecule has 2 rings (SSSR count). The number of benzene rings is 1. The Morgan fingerprint density at radius 2 is 1.94 bits per heavy atom. The third-order valence-corrected chi connectivity index (χ3v) is 2.50. The Morgan fingerprint density at radius 1 is 1.25 bits per heavy atom. The van der Waals surface area contributed by atoms with Crippen molar-refractivity contribution in [3.63, 3.8) is 0 Å². The minimum absolute atomic E-state index is 0.0902. The SMILES string of the molecule is CC(C)=CC1=CCN(c2ccccc2)C1=O. The van der Waals surface area contributed by atoms with Gasteiger partial charge in [-0.25, -0.2) is 0 Å². The van der Waals surface area contributed by atoms with Crippen molar-refractivity contribution in [1.82, 2.24) is 0 Å². The Bertz CT molecular complexity index is 453. The number of carbonyl (C=O) groups excluding carboxylic acids is 1. The topological polar surface area (TPSA) is 20.3 Å². The molecule has 16 heavy (non-hydrogen) atoms. The van der Waals surface area contributed by atoms with Crippen LogP contribution in [0.4, 0.5) is 5.69 Å². The van der Waals surface area contributed by atoms with Crippen molar-refractivity contribution in [2.45, 2.75) is 13.8 Å². The molecule has 1 heterocycles. The van der Waals surface area contributed by atoms with Gasteiger partial charge < -0.3 is 4.90 Å². The smallest absolute Gasteiger partial charge is 0.258 e. The lowest BCUT2D eigenvalue weighted by atomic mass is 10.2. The normalized spacial score (nSPS) is 15.0. The first-order chi connectivity index (χ1) is 7.68. The maximum Gasteiger partial charge on any atom is 0.258 e. The molecule has 82 valence electrons. The predicted octanol–water partition coefficient (Wildman–Crippen LogP) is 2.93. The molecule has 0 atom stereocenters. The highest BCUT2D eigenvalue weighted by Gasteiger charge is 2.22. The van der Waals surface area contributed by atoms with Gasteiger partial charge >= 0.3 is 0 Å². The minimum Gasteiger partial charge on any atom is -0.305 e. The van der Waals surface area contributed by atoms with Gasteiger partial charge in [0.15, 0.2) is 0 Å². The zero-order valence-electron chi connectivity index (χ0n) is 9.60. The third-order valence-electron chi connectivity index (χ3n) is 2.50. The molecule has 0 fully saturated rings. The molecule has 1 amide bonds. The second-order valence-electron chi connectivity index (χ2n) is 4.13. The highest BCUT2D eigenvalue weighted by atomic mass is 16.2. The minimum atomic E-state index is 0.0902. The molecule has 2 nitrogen and oxygen atoms in total. The van der Waals surface area contributed by atoms with Crippen LogP contribution in [0.1, 0.15) is 13.8 Å². The van der Waals surface area contributed by atoms with Gasteiger partial charge in [0.1, 0.15) is 0 Å². The Labute approximate surface area is 95.9 Å². The van der Waals surface area contributed by atoms with Gasteiger partial charge in [0.05, 0.1) is 0 Å². The van der Waals surface area contributed by atoms with Gasteiger partial charge in [-0.1, -0.05) is 35.9 Å². The monoisotopic (exact) mass is 213 g/mol. The Kier molecular flexibility index (Phi) is 2.91. The molecule has 0 unspecified atom stereocenters. The average Bonchev–Trinajstić information content (AvgIpc) is 2.61. The van der Waals surface area contributed by atoms with E-state index in [2.05, 4.69) is 0 Å². The molecule has 1 aliphatic rings. The molecular formula is C14H15NO. The number of nitrogens with zero attached hydrogens (tertiary/aromatic N) is 1. The molecule has 1 aromatic carbocycles. The first-order valence-corrected chi connectivity index (χ1v) is 5.40. The van der Waals surface area contributed by atoms with Crippen molar-refractivity contribution in [3.05, 3.63) is 53.6 Å². The van der Waals surface area contributed by atoms with E-state index in [-0.39, 0.29) is 5.91 Å². The Balaban J connectivity index is 2.21. The van der Waals surface area contributed by atoms with E-state index in [1.807, 2.05) is 56.3 Å². The van der Waals surface area contributed by atoms with Crippen LogP contribution in [0.5, 0.6) is 0 Å². The van der Waals surface area contributed by atoms with Gasteiger partial charge in [-0.05, 0) is 26.0 Å². The molecule has 0 N–H and O–H groups in total. The zero-order valence-corrected chi connectivity index (χ0v) is 9.60. The van der Waals surface area contributed by atoms with E-state index in [1.165, 1.54) is 0 Å². The quantitative estimate of drug-likeness (QED) is 0.739. The predicted molar refractivity (Wildman–Crippen MR) is 66.3 cm³/mol. The zero-order chi connectivity index (χ0) is 11.5. The number of para-hydroxylation sites is 1. The van der Waals surface area contributed by atoms with Crippen LogP contribution in [0.15, 0.2) is 53.6 Å². The summed E-state index contributed by atoms with van der Waals surface area (Å²) in [6.45, 7) is 4.67. The first kappa shape index (κ1) is 10.7. The standard InChI is InChI=1S/C14H15NO/c1-11(2)10-12-8-9-15(14(12)16)13-6-4-3-5-7-13/h3-8,10H,9H2,1-2H3. The van der Waals surface area contributed by atoms with Gasteiger partial charge in [0.25, 0.3) is 5.91 Å². The fourth-order valence-corrected chi connectivity index (χ4v) is 1.78. The van der Waals surface area contributed by atoms with E-state index in [0.717, 1.165) is 16.8 Å². The molecular weight excluding hydrogens is 198 g/mol. The van der Waals surface area contributed by atoms with Gasteiger partial charge in [-0.2, -0.15) is 0 Å². The molecule has 1 aromatic rings. The van der Waals surface area contributed by atoms with Crippen molar-refractivity contribution in [1.29, 1.82) is 0 Å². The summed E-state index contributed by atoms with van der Waals surface area (Å²) in [6.07, 6.45) is 3.91. The van der Waals surface area contributed by atoms with Crippen molar-refractivity contribution in [2.24, 2.45) is 0 Å². The summed E-state index contributed by atoms with van der Waals surface area (Å²) >= 11 is 0. The summed E-state index contributed by atoms with van der Waals surface area (Å²) in [5.41, 5.74) is 2.90. The fourth-order valence-electron chi connectivity index (χ4n) is 1.78. The summed E-state index contributed by atoms with van der Waals surface area (Å²) in [6, 6.07) is 9.76. The van der Waals surface area contributed by atoms with E-state index in [1.54, 1.807) is 4.90 Å². The maximum atomic E-state index is 12.1. The van der Waals surface area contributed by atoms with E-state index in [0.29, 0.717) is 6.54 Å². The van der Waals surface area contributed by atoms with Crippen molar-refractivity contribution >= 4 is 11.6 Å². The lowest BCUT2D eigenvalue weighted by Gasteiger charge is -2.15. The van der Waals surface area contributed by atoms with Gasteiger partial charge in [-0.15, -0.1) is 0 Å². The second-order valence-corrected chi connectivity index (χ2v) is 4.13. The number of amides is 1. The van der Waals surface area contributed by atoms with E-state index in [9.17, 15) is 4.79 Å². The average molecular weight is 213 g/mol. The van der Waals surface area contributed by atoms with E-state index >= 15 is 0 Å². The largest absolute Gasteiger partial charge is 0.305 e. The van der Waals surface area contributed by atoms with Gasteiger partial charge in [-0.3, -0.25) is 4.79 Å². The van der Waals surface area contributed by atoms with Crippen LogP contribution in [0.3, 0.4) is 0 Å². The highest BCUT2D eigenvalue weighted by molar-refractivity contribution is 6.10. The van der Waals surface area contributed by atoms with Gasteiger partial charge in [0, 0.05) is 17.8 Å². The van der Waals surface area contributed by atoms with Crippen LogP contribution >= 0.6 is 0 Å². The Hall–Kier alpha value is -1.83. The van der Waals surface area contributed by atoms with Crippen LogP contribution in [-0.4, -0.2) is 12.5 Å². The molecule has 1 aliphatic heterocycles. The molecule has 0 aliphatic carbocycles. The van der Waals surface area contributed by atoms with Crippen LogP contribution in [0, 0.1) is 0 Å². The summed E-state index contributed by atoms with van der Waals surface area (Å²) < 4.78 is 0. The number of anilines is 1. The lowest BCUT2D eigenvalue weighted by molar-refractivity contribution is -0.114. The van der Waals surface area contributed by atoms with Crippen molar-refractivity contribution in [3.8, 4) is 0 Å². The fraction of sp³-hybridized carbons (Fsp3) is 0.214. The van der Waals surface area contributed by atoms with Crippen LogP contribution in [0.2, 0.25) is 0 Å². The molecule has 0 aromatic heterocycles. The molecule has 0 spiro atoms. The number of hydrogen-bond acceptors (Lipinski definition) is 1. The van der Waals surface area contributed by atoms with E-state index in [4.69, 9.17) is 0 Å². The summed E-state index contributed by atoms with van der Waals surface area (Å²) in [5, 5.41) is 0. The first-order valence-electron chi connectivity index (χ1n) is 5.40. The number of rotatable bonds is 2. The lowest BCUT2D eigenvalue weighted by Crippen LogP contribution is -2.26. The highest BCUT2D eigenvalue weighted by Crippen LogP contribution is 2.21. The van der Waals surface area contributed by atoms with Crippen LogP contribution in [-0.2, 0) is 4.79 Å². The molecule has 0 bridgehead atoms. The van der Waals surface area contributed by atoms with Gasteiger partial charge in [0.2, 0.25) is 0 Å². The van der Waals surface area contributed by atoms with Crippen molar-refractivity contribution in [2.75, 3.05) is 11.4 Å². The number of carbonyl (C=O) groups is 1. The molecule has 2 heteroatoms. The summed E-state index contributed by atoms with van der Waals surface area (Å²) in [4.78, 5) is 13.8. The summed E-state index contributed by atoms with van der Waals surface area (Å²) in [7, 11) is 0. The molecule has 0 saturated heterocycles. The third kappa shape index (κ3) is 2.06. The number of allylic oxidation sites excluding steroid dienone is 1. The molecule has 0 radical (unpaired) electrons. The second kappa shape index (κ2) is 4.35. The van der Waals surface area contributed by atoms with Crippen LogP contribution in [0.25, 0.3) is 0 Å².